The maximum atomic E-state index is 11.7. The average molecular weight is 229 g/mol. The van der Waals surface area contributed by atoms with Crippen LogP contribution in [-0.4, -0.2) is 25.8 Å². The molecule has 0 saturated carbocycles. The third-order valence-corrected chi connectivity index (χ3v) is 2.78. The van der Waals surface area contributed by atoms with Gasteiger partial charge in [0.25, 0.3) is 5.56 Å². The molecule has 5 heteroatoms. The quantitative estimate of drug-likeness (QED) is 0.525. The lowest BCUT2D eigenvalue weighted by Gasteiger charge is -2.11. The molecule has 0 atom stereocenters. The zero-order chi connectivity index (χ0) is 12.4. The molecular weight excluding hydrogens is 217 g/mol. The zero-order valence-electron chi connectivity index (χ0n) is 9.77. The smallest absolute Gasteiger partial charge is 0.251 e. The summed E-state index contributed by atoms with van der Waals surface area (Å²) in [6.45, 7) is 0.0583. The van der Waals surface area contributed by atoms with Crippen LogP contribution in [0.25, 0.3) is 10.9 Å². The molecule has 0 aliphatic carbocycles. The first-order valence-corrected chi connectivity index (χ1v) is 5.29. The van der Waals surface area contributed by atoms with Crippen LogP contribution in [0.5, 0.6) is 5.75 Å². The van der Waals surface area contributed by atoms with E-state index < -0.39 is 0 Å². The Morgan fingerprint density at radius 1 is 1.41 bits per heavy atom. The number of methoxy groups -OCH3 is 1. The molecule has 0 amide bonds. The van der Waals surface area contributed by atoms with Gasteiger partial charge in [-0.3, -0.25) is 4.79 Å². The summed E-state index contributed by atoms with van der Waals surface area (Å²) in [5.41, 5.74) is 1.55. The third kappa shape index (κ3) is 1.96. The number of hydrogen-bond donors (Lipinski definition) is 0. The lowest BCUT2D eigenvalue weighted by atomic mass is 9.91. The summed E-state index contributed by atoms with van der Waals surface area (Å²) >= 11 is 0. The fourth-order valence-corrected chi connectivity index (χ4v) is 1.93. The molecule has 86 valence electrons. The predicted molar refractivity (Wildman–Crippen MR) is 69.0 cm³/mol. The van der Waals surface area contributed by atoms with Crippen molar-refractivity contribution in [2.45, 2.75) is 6.54 Å². The van der Waals surface area contributed by atoms with Gasteiger partial charge >= 0.3 is 0 Å². The standard InChI is InChI=1S/C12H12BNO3/c1-17-8-6-10(13)9-2-3-12(16)14(4-5-15)11(9)7-8/h2-3,5-7H,4,13H2,1H3. The van der Waals surface area contributed by atoms with Gasteiger partial charge in [0, 0.05) is 12.1 Å². The van der Waals surface area contributed by atoms with E-state index in [0.29, 0.717) is 5.75 Å². The summed E-state index contributed by atoms with van der Waals surface area (Å²) in [4.78, 5) is 22.3. The van der Waals surface area contributed by atoms with Crippen LogP contribution in [0, 0.1) is 0 Å². The van der Waals surface area contributed by atoms with Gasteiger partial charge in [0.05, 0.1) is 19.2 Å². The summed E-state index contributed by atoms with van der Waals surface area (Å²) in [7, 11) is 3.52. The SMILES string of the molecule is Bc1cc(OC)cc2c1ccc(=O)n2CC=O. The van der Waals surface area contributed by atoms with Gasteiger partial charge in [-0.05, 0) is 17.5 Å². The molecule has 0 unspecified atom stereocenters. The number of carbonyl (C=O) groups is 1. The molecule has 0 aliphatic heterocycles. The molecule has 1 heterocycles. The molecule has 0 aliphatic rings. The molecule has 2 rings (SSSR count). The Morgan fingerprint density at radius 3 is 2.82 bits per heavy atom. The summed E-state index contributed by atoms with van der Waals surface area (Å²) in [5.74, 6) is 0.681. The van der Waals surface area contributed by atoms with Crippen LogP contribution in [0.2, 0.25) is 0 Å². The third-order valence-electron chi connectivity index (χ3n) is 2.78. The van der Waals surface area contributed by atoms with Crippen molar-refractivity contribution in [3.05, 3.63) is 34.6 Å². The summed E-state index contributed by atoms with van der Waals surface area (Å²) < 4.78 is 6.61. The minimum absolute atomic E-state index is 0.0583. The molecule has 17 heavy (non-hydrogen) atoms. The van der Waals surface area contributed by atoms with E-state index in [1.165, 1.54) is 10.6 Å². The molecule has 0 N–H and O–H groups in total. The summed E-state index contributed by atoms with van der Waals surface area (Å²) in [6, 6.07) is 6.92. The molecule has 0 spiro atoms. The van der Waals surface area contributed by atoms with Crippen LogP contribution in [0.1, 0.15) is 0 Å². The summed E-state index contributed by atoms with van der Waals surface area (Å²) in [6.07, 6.45) is 0.718. The number of nitrogens with zero attached hydrogens (tertiary/aromatic N) is 1. The maximum Gasteiger partial charge on any atom is 0.251 e. The summed E-state index contributed by atoms with van der Waals surface area (Å²) in [5, 5.41) is 0.951. The normalized spacial score (nSPS) is 10.4. The van der Waals surface area contributed by atoms with Crippen molar-refractivity contribution in [2.24, 2.45) is 0 Å². The number of fused-ring (bicyclic) bond motifs is 1. The van der Waals surface area contributed by atoms with E-state index >= 15 is 0 Å². The van der Waals surface area contributed by atoms with Crippen molar-refractivity contribution in [1.29, 1.82) is 0 Å². The number of pyridine rings is 1. The molecule has 0 radical (unpaired) electrons. The highest BCUT2D eigenvalue weighted by Gasteiger charge is 2.06. The van der Waals surface area contributed by atoms with E-state index in [9.17, 15) is 9.59 Å². The maximum absolute atomic E-state index is 11.7. The van der Waals surface area contributed by atoms with Gasteiger partial charge in [0.1, 0.15) is 19.9 Å². The topological polar surface area (TPSA) is 48.3 Å². The number of aldehydes is 1. The predicted octanol–water partition coefficient (Wildman–Crippen LogP) is -0.533. The van der Waals surface area contributed by atoms with Gasteiger partial charge in [-0.1, -0.05) is 5.46 Å². The molecule has 1 aromatic carbocycles. The van der Waals surface area contributed by atoms with Gasteiger partial charge in [-0.25, -0.2) is 0 Å². The number of hydrogen-bond acceptors (Lipinski definition) is 3. The Kier molecular flexibility index (Phi) is 3.00. The Morgan fingerprint density at radius 2 is 2.18 bits per heavy atom. The van der Waals surface area contributed by atoms with Crippen LogP contribution >= 0.6 is 0 Å². The second-order valence-electron chi connectivity index (χ2n) is 3.83. The second-order valence-corrected chi connectivity index (χ2v) is 3.83. The number of carbonyl (C=O) groups excluding carboxylic acids is 1. The fraction of sp³-hybridized carbons (Fsp3) is 0.167. The van der Waals surface area contributed by atoms with Crippen molar-refractivity contribution < 1.29 is 9.53 Å². The Balaban J connectivity index is 2.86. The first-order chi connectivity index (χ1) is 8.17. The second kappa shape index (κ2) is 4.45. The van der Waals surface area contributed by atoms with Crippen LogP contribution in [0.15, 0.2) is 29.1 Å². The Hall–Kier alpha value is -2.04. The first-order valence-electron chi connectivity index (χ1n) is 5.29. The molecular formula is C12H12BNO3. The highest BCUT2D eigenvalue weighted by atomic mass is 16.5. The van der Waals surface area contributed by atoms with E-state index in [4.69, 9.17) is 4.74 Å². The fourth-order valence-electron chi connectivity index (χ4n) is 1.93. The number of rotatable bonds is 3. The minimum atomic E-state index is -0.183. The van der Waals surface area contributed by atoms with Gasteiger partial charge in [-0.15, -0.1) is 0 Å². The lowest BCUT2D eigenvalue weighted by molar-refractivity contribution is -0.108. The van der Waals surface area contributed by atoms with E-state index in [2.05, 4.69) is 0 Å². The monoisotopic (exact) mass is 229 g/mol. The largest absolute Gasteiger partial charge is 0.497 e. The number of ether oxygens (including phenoxy) is 1. The zero-order valence-corrected chi connectivity index (χ0v) is 9.77. The number of benzene rings is 1. The highest BCUT2D eigenvalue weighted by Crippen LogP contribution is 2.17. The molecule has 0 fully saturated rings. The van der Waals surface area contributed by atoms with Gasteiger partial charge in [0.2, 0.25) is 0 Å². The van der Waals surface area contributed by atoms with Crippen molar-refractivity contribution in [2.75, 3.05) is 7.11 Å². The van der Waals surface area contributed by atoms with E-state index in [1.807, 2.05) is 13.9 Å². The van der Waals surface area contributed by atoms with E-state index in [-0.39, 0.29) is 12.1 Å². The first kappa shape index (κ1) is 11.5. The van der Waals surface area contributed by atoms with Crippen LogP contribution < -0.4 is 15.8 Å². The Labute approximate surface area is 99.2 Å². The van der Waals surface area contributed by atoms with Gasteiger partial charge in [-0.2, -0.15) is 0 Å². The average Bonchev–Trinajstić information content (AvgIpc) is 2.32. The highest BCUT2D eigenvalue weighted by molar-refractivity contribution is 6.38. The minimum Gasteiger partial charge on any atom is -0.497 e. The van der Waals surface area contributed by atoms with Gasteiger partial charge < -0.3 is 14.1 Å². The molecule has 0 bridgehead atoms. The molecule has 0 saturated heterocycles. The van der Waals surface area contributed by atoms with Crippen LogP contribution in [0.3, 0.4) is 0 Å². The van der Waals surface area contributed by atoms with Crippen LogP contribution in [0.4, 0.5) is 0 Å². The van der Waals surface area contributed by atoms with Crippen molar-refractivity contribution >= 4 is 30.5 Å². The lowest BCUT2D eigenvalue weighted by Crippen LogP contribution is -2.22. The van der Waals surface area contributed by atoms with E-state index in [1.54, 1.807) is 19.2 Å². The Bertz CT molecular complexity index is 633. The number of aromatic nitrogens is 1. The van der Waals surface area contributed by atoms with Crippen molar-refractivity contribution in [1.82, 2.24) is 4.57 Å². The van der Waals surface area contributed by atoms with Crippen molar-refractivity contribution in [3.8, 4) is 5.75 Å². The molecule has 2 aromatic rings. The molecule has 1 aromatic heterocycles. The molecule has 4 nitrogen and oxygen atoms in total. The van der Waals surface area contributed by atoms with Crippen LogP contribution in [-0.2, 0) is 11.3 Å². The van der Waals surface area contributed by atoms with E-state index in [0.717, 1.165) is 22.7 Å². The van der Waals surface area contributed by atoms with Gasteiger partial charge in [0.15, 0.2) is 0 Å². The van der Waals surface area contributed by atoms with Crippen molar-refractivity contribution in [3.63, 3.8) is 0 Å².